The predicted octanol–water partition coefficient (Wildman–Crippen LogP) is 4.62. The topological polar surface area (TPSA) is 69.4 Å². The first-order valence-electron chi connectivity index (χ1n) is 7.26. The minimum atomic E-state index is -0.499. The van der Waals surface area contributed by atoms with Crippen LogP contribution in [0.1, 0.15) is 15.9 Å². The van der Waals surface area contributed by atoms with Crippen LogP contribution in [0.4, 0.5) is 5.69 Å². The summed E-state index contributed by atoms with van der Waals surface area (Å²) in [4.78, 5) is 22.9. The summed E-state index contributed by atoms with van der Waals surface area (Å²) in [5.41, 5.74) is 0.709. The van der Waals surface area contributed by atoms with Gasteiger partial charge in [-0.05, 0) is 36.4 Å². The fourth-order valence-corrected chi connectivity index (χ4v) is 2.25. The van der Waals surface area contributed by atoms with Crippen molar-refractivity contribution in [3.63, 3.8) is 0 Å². The monoisotopic (exact) mass is 319 g/mol. The van der Waals surface area contributed by atoms with Crippen LogP contribution in [0.25, 0.3) is 0 Å². The minimum absolute atomic E-state index is 0.0552. The number of benzene rings is 3. The van der Waals surface area contributed by atoms with Gasteiger partial charge in [0.1, 0.15) is 11.5 Å². The van der Waals surface area contributed by atoms with Gasteiger partial charge in [0.25, 0.3) is 5.69 Å². The molecule has 5 nitrogen and oxygen atoms in total. The Hall–Kier alpha value is -3.47. The molecular formula is C19H13NO4. The largest absolute Gasteiger partial charge is 0.457 e. The second kappa shape index (κ2) is 6.75. The maximum absolute atomic E-state index is 12.7. The Kier molecular flexibility index (Phi) is 4.34. The molecule has 118 valence electrons. The lowest BCUT2D eigenvalue weighted by Crippen LogP contribution is -2.03. The fourth-order valence-electron chi connectivity index (χ4n) is 2.25. The van der Waals surface area contributed by atoms with E-state index >= 15 is 0 Å². The Morgan fingerprint density at radius 2 is 1.46 bits per heavy atom. The molecule has 0 atom stereocenters. The Labute approximate surface area is 138 Å². The normalized spacial score (nSPS) is 10.2. The molecule has 0 aliphatic heterocycles. The van der Waals surface area contributed by atoms with Crippen molar-refractivity contribution in [2.75, 3.05) is 0 Å². The number of non-ortho nitro benzene ring substituents is 1. The van der Waals surface area contributed by atoms with E-state index in [0.717, 1.165) is 0 Å². The Balaban J connectivity index is 1.91. The summed E-state index contributed by atoms with van der Waals surface area (Å²) in [6.45, 7) is 0. The number of rotatable bonds is 5. The molecule has 0 amide bonds. The zero-order valence-electron chi connectivity index (χ0n) is 12.6. The highest BCUT2D eigenvalue weighted by molar-refractivity contribution is 6.10. The van der Waals surface area contributed by atoms with Crippen LogP contribution in [0.3, 0.4) is 0 Å². The van der Waals surface area contributed by atoms with Crippen molar-refractivity contribution >= 4 is 11.5 Å². The van der Waals surface area contributed by atoms with Crippen LogP contribution in [-0.4, -0.2) is 10.7 Å². The highest BCUT2D eigenvalue weighted by Gasteiger charge is 2.16. The quantitative estimate of drug-likeness (QED) is 0.391. The van der Waals surface area contributed by atoms with Gasteiger partial charge in [0.15, 0.2) is 5.78 Å². The van der Waals surface area contributed by atoms with Crippen molar-refractivity contribution in [3.8, 4) is 11.5 Å². The summed E-state index contributed by atoms with van der Waals surface area (Å²) < 4.78 is 5.79. The molecule has 0 saturated carbocycles. The van der Waals surface area contributed by atoms with E-state index in [1.807, 2.05) is 18.2 Å². The first-order chi connectivity index (χ1) is 11.6. The first-order valence-corrected chi connectivity index (χ1v) is 7.26. The van der Waals surface area contributed by atoms with Crippen molar-refractivity contribution < 1.29 is 14.5 Å². The number of para-hydroxylation sites is 2. The SMILES string of the molecule is O=C(c1ccc([N+](=O)[O-])cc1)c1ccccc1Oc1ccccc1. The molecule has 0 radical (unpaired) electrons. The Morgan fingerprint density at radius 1 is 0.833 bits per heavy atom. The summed E-state index contributed by atoms with van der Waals surface area (Å²) in [7, 11) is 0. The lowest BCUT2D eigenvalue weighted by molar-refractivity contribution is -0.384. The average Bonchev–Trinajstić information content (AvgIpc) is 2.62. The highest BCUT2D eigenvalue weighted by Crippen LogP contribution is 2.27. The maximum Gasteiger partial charge on any atom is 0.269 e. The lowest BCUT2D eigenvalue weighted by atomic mass is 10.0. The third kappa shape index (κ3) is 3.30. The molecule has 24 heavy (non-hydrogen) atoms. The number of hydrogen-bond donors (Lipinski definition) is 0. The molecule has 3 aromatic rings. The molecule has 0 aliphatic rings. The van der Waals surface area contributed by atoms with E-state index in [0.29, 0.717) is 22.6 Å². The highest BCUT2D eigenvalue weighted by atomic mass is 16.6. The van der Waals surface area contributed by atoms with Gasteiger partial charge in [-0.15, -0.1) is 0 Å². The summed E-state index contributed by atoms with van der Waals surface area (Å²) >= 11 is 0. The fraction of sp³-hybridized carbons (Fsp3) is 0. The van der Waals surface area contributed by atoms with E-state index < -0.39 is 4.92 Å². The van der Waals surface area contributed by atoms with E-state index in [2.05, 4.69) is 0 Å². The molecule has 0 spiro atoms. The molecule has 3 rings (SSSR count). The molecule has 0 bridgehead atoms. The number of carbonyl (C=O) groups excluding carboxylic acids is 1. The number of hydrogen-bond acceptors (Lipinski definition) is 4. The zero-order chi connectivity index (χ0) is 16.9. The van der Waals surface area contributed by atoms with Gasteiger partial charge in [0.2, 0.25) is 0 Å². The van der Waals surface area contributed by atoms with Gasteiger partial charge in [-0.1, -0.05) is 30.3 Å². The molecule has 0 aliphatic carbocycles. The van der Waals surface area contributed by atoms with Gasteiger partial charge in [-0.3, -0.25) is 14.9 Å². The van der Waals surface area contributed by atoms with E-state index in [4.69, 9.17) is 4.74 Å². The van der Waals surface area contributed by atoms with Crippen LogP contribution in [0.15, 0.2) is 78.9 Å². The van der Waals surface area contributed by atoms with Gasteiger partial charge in [-0.2, -0.15) is 0 Å². The van der Waals surface area contributed by atoms with Crippen LogP contribution >= 0.6 is 0 Å². The molecule has 0 unspecified atom stereocenters. The lowest BCUT2D eigenvalue weighted by Gasteiger charge is -2.10. The predicted molar refractivity (Wildman–Crippen MR) is 89.5 cm³/mol. The third-order valence-electron chi connectivity index (χ3n) is 3.44. The minimum Gasteiger partial charge on any atom is -0.457 e. The van der Waals surface area contributed by atoms with Crippen molar-refractivity contribution in [1.82, 2.24) is 0 Å². The number of nitrogens with zero attached hydrogens (tertiary/aromatic N) is 1. The van der Waals surface area contributed by atoms with Gasteiger partial charge in [-0.25, -0.2) is 0 Å². The first kappa shape index (κ1) is 15.4. The van der Waals surface area contributed by atoms with Crippen molar-refractivity contribution in [2.24, 2.45) is 0 Å². The standard InChI is InChI=1S/C19H13NO4/c21-19(14-10-12-15(13-11-14)20(22)23)17-8-4-5-9-18(17)24-16-6-2-1-3-7-16/h1-13H. The molecule has 0 saturated heterocycles. The third-order valence-corrected chi connectivity index (χ3v) is 3.44. The second-order valence-corrected chi connectivity index (χ2v) is 5.04. The molecule has 0 heterocycles. The van der Waals surface area contributed by atoms with Gasteiger partial charge in [0.05, 0.1) is 10.5 Å². The summed E-state index contributed by atoms with van der Waals surface area (Å²) in [5.74, 6) is 0.810. The van der Waals surface area contributed by atoms with Crippen molar-refractivity contribution in [1.29, 1.82) is 0 Å². The van der Waals surface area contributed by atoms with Crippen molar-refractivity contribution in [2.45, 2.75) is 0 Å². The van der Waals surface area contributed by atoms with Crippen LogP contribution in [0.5, 0.6) is 11.5 Å². The number of carbonyl (C=O) groups is 1. The molecule has 0 N–H and O–H groups in total. The molecule has 5 heteroatoms. The molecule has 0 aromatic heterocycles. The molecule has 3 aromatic carbocycles. The number of ether oxygens (including phenoxy) is 1. The number of nitro groups is 1. The second-order valence-electron chi connectivity index (χ2n) is 5.04. The van der Waals surface area contributed by atoms with Gasteiger partial charge in [0, 0.05) is 17.7 Å². The Bertz CT molecular complexity index is 873. The van der Waals surface area contributed by atoms with Crippen molar-refractivity contribution in [3.05, 3.63) is 100 Å². The van der Waals surface area contributed by atoms with Crippen LogP contribution in [-0.2, 0) is 0 Å². The zero-order valence-corrected chi connectivity index (χ0v) is 12.6. The van der Waals surface area contributed by atoms with Gasteiger partial charge >= 0.3 is 0 Å². The number of ketones is 1. The Morgan fingerprint density at radius 3 is 2.12 bits per heavy atom. The summed E-state index contributed by atoms with van der Waals surface area (Å²) in [5, 5.41) is 10.7. The smallest absolute Gasteiger partial charge is 0.269 e. The van der Waals surface area contributed by atoms with Gasteiger partial charge < -0.3 is 4.74 Å². The van der Waals surface area contributed by atoms with Crippen LogP contribution < -0.4 is 4.74 Å². The number of nitro benzene ring substituents is 1. The van der Waals surface area contributed by atoms with Crippen LogP contribution in [0.2, 0.25) is 0 Å². The molecular weight excluding hydrogens is 306 g/mol. The summed E-state index contributed by atoms with van der Waals surface area (Å²) in [6.07, 6.45) is 0. The summed E-state index contributed by atoms with van der Waals surface area (Å²) in [6, 6.07) is 21.6. The van der Waals surface area contributed by atoms with E-state index in [1.165, 1.54) is 24.3 Å². The van der Waals surface area contributed by atoms with E-state index in [1.54, 1.807) is 36.4 Å². The molecule has 0 fully saturated rings. The van der Waals surface area contributed by atoms with E-state index in [-0.39, 0.29) is 11.5 Å². The average molecular weight is 319 g/mol. The van der Waals surface area contributed by atoms with E-state index in [9.17, 15) is 14.9 Å². The maximum atomic E-state index is 12.7. The van der Waals surface area contributed by atoms with Crippen LogP contribution in [0, 0.1) is 10.1 Å².